The lowest BCUT2D eigenvalue weighted by Crippen LogP contribution is -2.49. The Morgan fingerprint density at radius 1 is 1.23 bits per heavy atom. The van der Waals surface area contributed by atoms with Crippen LogP contribution in [0.15, 0.2) is 0 Å². The third kappa shape index (κ3) is 3.78. The average molecular weight is 302 g/mol. The summed E-state index contributed by atoms with van der Waals surface area (Å²) < 4.78 is 0. The number of likely N-dealkylation sites (tertiary alicyclic amines) is 2. The molecule has 0 aromatic carbocycles. The molecular weight excluding hydrogens is 276 g/mol. The Morgan fingerprint density at radius 2 is 1.95 bits per heavy atom. The lowest BCUT2D eigenvalue weighted by molar-refractivity contribution is -0.132. The summed E-state index contributed by atoms with van der Waals surface area (Å²) in [6, 6.07) is 5.20. The van der Waals surface area contributed by atoms with E-state index in [1.54, 1.807) is 0 Å². The quantitative estimate of drug-likeness (QED) is 0.754. The molecule has 2 aliphatic heterocycles. The highest BCUT2D eigenvalue weighted by molar-refractivity contribution is 5.76. The molecule has 1 amide bonds. The number of nitrogens with zero attached hydrogens (tertiary/aromatic N) is 4. The predicted octanol–water partition coefficient (Wildman–Crippen LogP) is 2.30. The topological polar surface area (TPSA) is 71.1 Å². The normalized spacial score (nSPS) is 26.6. The van der Waals surface area contributed by atoms with Crippen LogP contribution >= 0.6 is 0 Å². The van der Waals surface area contributed by atoms with Crippen LogP contribution < -0.4 is 0 Å². The van der Waals surface area contributed by atoms with Crippen molar-refractivity contribution in [2.24, 2.45) is 5.92 Å². The van der Waals surface area contributed by atoms with Gasteiger partial charge in [0, 0.05) is 38.0 Å². The molecular formula is C17H26N4O. The summed E-state index contributed by atoms with van der Waals surface area (Å²) in [6.07, 6.45) is 6.12. The zero-order valence-corrected chi connectivity index (χ0v) is 13.5. The highest BCUT2D eigenvalue weighted by atomic mass is 16.2. The molecule has 2 fully saturated rings. The van der Waals surface area contributed by atoms with E-state index in [9.17, 15) is 10.1 Å². The molecule has 0 saturated carbocycles. The Labute approximate surface area is 133 Å². The van der Waals surface area contributed by atoms with Gasteiger partial charge in [0.05, 0.1) is 18.1 Å². The molecule has 120 valence electrons. The maximum Gasteiger partial charge on any atom is 0.222 e. The van der Waals surface area contributed by atoms with Crippen molar-refractivity contribution in [3.63, 3.8) is 0 Å². The van der Waals surface area contributed by atoms with E-state index < -0.39 is 0 Å². The van der Waals surface area contributed by atoms with Crippen LogP contribution in [0.5, 0.6) is 0 Å². The molecule has 5 nitrogen and oxygen atoms in total. The number of hydrogen-bond acceptors (Lipinski definition) is 4. The van der Waals surface area contributed by atoms with Crippen molar-refractivity contribution in [2.75, 3.05) is 19.6 Å². The van der Waals surface area contributed by atoms with Crippen LogP contribution in [0.3, 0.4) is 0 Å². The van der Waals surface area contributed by atoms with Crippen molar-refractivity contribution in [1.82, 2.24) is 9.80 Å². The minimum atomic E-state index is -0.0722. The van der Waals surface area contributed by atoms with Crippen LogP contribution in [0.2, 0.25) is 0 Å². The molecule has 0 spiro atoms. The number of amides is 1. The van der Waals surface area contributed by atoms with Crippen molar-refractivity contribution in [2.45, 2.75) is 64.0 Å². The first-order chi connectivity index (χ1) is 10.7. The van der Waals surface area contributed by atoms with Gasteiger partial charge < -0.3 is 4.90 Å². The summed E-state index contributed by atoms with van der Waals surface area (Å²) in [7, 11) is 0. The largest absolute Gasteiger partial charge is 0.338 e. The molecule has 0 unspecified atom stereocenters. The summed E-state index contributed by atoms with van der Waals surface area (Å²) in [6.45, 7) is 4.57. The van der Waals surface area contributed by atoms with Crippen LogP contribution in [0, 0.1) is 28.6 Å². The first-order valence-electron chi connectivity index (χ1n) is 8.51. The summed E-state index contributed by atoms with van der Waals surface area (Å²) in [5.41, 5.74) is 0. The molecule has 2 saturated heterocycles. The fraction of sp³-hybridized carbons (Fsp3) is 0.824. The van der Waals surface area contributed by atoms with Gasteiger partial charge in [0.15, 0.2) is 0 Å². The maximum atomic E-state index is 12.1. The van der Waals surface area contributed by atoms with Gasteiger partial charge in [0.25, 0.3) is 0 Å². The fourth-order valence-electron chi connectivity index (χ4n) is 3.94. The van der Waals surface area contributed by atoms with Crippen LogP contribution in [-0.2, 0) is 4.79 Å². The molecule has 0 aliphatic carbocycles. The first kappa shape index (κ1) is 16.8. The molecule has 3 atom stereocenters. The lowest BCUT2D eigenvalue weighted by atomic mass is 10.00. The van der Waals surface area contributed by atoms with Gasteiger partial charge in [-0.3, -0.25) is 9.69 Å². The van der Waals surface area contributed by atoms with Gasteiger partial charge in [-0.1, -0.05) is 6.92 Å². The number of rotatable bonds is 6. The number of carbonyl (C=O) groups excluding carboxylic acids is 1. The van der Waals surface area contributed by atoms with E-state index in [1.165, 1.54) is 0 Å². The highest BCUT2D eigenvalue weighted by Crippen LogP contribution is 2.31. The number of hydrogen-bond donors (Lipinski definition) is 0. The Balaban J connectivity index is 1.99. The third-order valence-corrected chi connectivity index (χ3v) is 5.02. The zero-order valence-electron chi connectivity index (χ0n) is 13.5. The summed E-state index contributed by atoms with van der Waals surface area (Å²) >= 11 is 0. The molecule has 2 rings (SSSR count). The summed E-state index contributed by atoms with van der Waals surface area (Å²) in [5.74, 6) is 0.188. The Kier molecular flexibility index (Phi) is 6.21. The second-order valence-electron chi connectivity index (χ2n) is 6.38. The van der Waals surface area contributed by atoms with Crippen LogP contribution in [0.1, 0.15) is 51.9 Å². The van der Waals surface area contributed by atoms with Crippen molar-refractivity contribution in [1.29, 1.82) is 10.5 Å². The molecule has 2 aliphatic rings. The molecule has 2 heterocycles. The average Bonchev–Trinajstić information content (AvgIpc) is 3.18. The first-order valence-corrected chi connectivity index (χ1v) is 8.51. The fourth-order valence-corrected chi connectivity index (χ4v) is 3.94. The second kappa shape index (κ2) is 8.15. The van der Waals surface area contributed by atoms with Gasteiger partial charge >= 0.3 is 0 Å². The highest BCUT2D eigenvalue weighted by Gasteiger charge is 2.39. The van der Waals surface area contributed by atoms with Crippen molar-refractivity contribution >= 4 is 5.91 Å². The maximum absolute atomic E-state index is 12.1. The molecule has 0 aromatic rings. The molecule has 22 heavy (non-hydrogen) atoms. The Morgan fingerprint density at radius 3 is 2.64 bits per heavy atom. The molecule has 0 bridgehead atoms. The standard InChI is InChI=1S/C17H26N4O/c1-2-17(22)21-11-5-8-16(21)15-7-4-10-20(15)13-14(12-19)6-3-9-18/h14-16H,2-8,10-11,13H2,1H3/t14-,15-,16+/m0/s1. The predicted molar refractivity (Wildman–Crippen MR) is 83.6 cm³/mol. The van der Waals surface area contributed by atoms with Gasteiger partial charge in [-0.05, 0) is 38.6 Å². The molecule has 0 N–H and O–H groups in total. The smallest absolute Gasteiger partial charge is 0.222 e. The Bertz CT molecular complexity index is 464. The number of nitriles is 2. The van der Waals surface area contributed by atoms with E-state index in [0.717, 1.165) is 45.3 Å². The molecule has 0 radical (unpaired) electrons. The van der Waals surface area contributed by atoms with Gasteiger partial charge in [-0.2, -0.15) is 10.5 Å². The van der Waals surface area contributed by atoms with Crippen LogP contribution in [0.4, 0.5) is 0 Å². The van der Waals surface area contributed by atoms with Gasteiger partial charge in [0.1, 0.15) is 0 Å². The van der Waals surface area contributed by atoms with E-state index >= 15 is 0 Å². The lowest BCUT2D eigenvalue weighted by Gasteiger charge is -2.35. The van der Waals surface area contributed by atoms with Crippen LogP contribution in [-0.4, -0.2) is 47.4 Å². The van der Waals surface area contributed by atoms with E-state index in [2.05, 4.69) is 21.9 Å². The Hall–Kier alpha value is -1.59. The molecule has 0 aromatic heterocycles. The summed E-state index contributed by atoms with van der Waals surface area (Å²) in [4.78, 5) is 16.6. The monoisotopic (exact) mass is 302 g/mol. The van der Waals surface area contributed by atoms with Crippen molar-refractivity contribution < 1.29 is 4.79 Å². The van der Waals surface area contributed by atoms with E-state index in [4.69, 9.17) is 5.26 Å². The van der Waals surface area contributed by atoms with Crippen molar-refractivity contribution in [3.05, 3.63) is 0 Å². The van der Waals surface area contributed by atoms with E-state index in [0.29, 0.717) is 31.3 Å². The zero-order chi connectivity index (χ0) is 15.9. The van der Waals surface area contributed by atoms with Gasteiger partial charge in [-0.15, -0.1) is 0 Å². The van der Waals surface area contributed by atoms with Crippen molar-refractivity contribution in [3.8, 4) is 12.1 Å². The number of carbonyl (C=O) groups is 1. The van der Waals surface area contributed by atoms with E-state index in [-0.39, 0.29) is 11.8 Å². The van der Waals surface area contributed by atoms with Gasteiger partial charge in [-0.25, -0.2) is 0 Å². The third-order valence-electron chi connectivity index (χ3n) is 5.02. The second-order valence-corrected chi connectivity index (χ2v) is 6.38. The minimum Gasteiger partial charge on any atom is -0.338 e. The van der Waals surface area contributed by atoms with Crippen LogP contribution in [0.25, 0.3) is 0 Å². The molecule has 5 heteroatoms. The minimum absolute atomic E-state index is 0.0722. The van der Waals surface area contributed by atoms with E-state index in [1.807, 2.05) is 6.92 Å². The van der Waals surface area contributed by atoms with Gasteiger partial charge in [0.2, 0.25) is 5.91 Å². The summed E-state index contributed by atoms with van der Waals surface area (Å²) in [5, 5.41) is 18.0. The SMILES string of the molecule is CCC(=O)N1CCC[C@@H]1[C@@H]1CCCN1C[C@H](C#N)CCC#N.